The molecule has 1 atom stereocenters. The molecule has 0 radical (unpaired) electrons. The molecule has 1 unspecified atom stereocenters. The van der Waals surface area contributed by atoms with Crippen LogP contribution in [-0.4, -0.2) is 44.7 Å². The summed E-state index contributed by atoms with van der Waals surface area (Å²) in [7, 11) is 1.71. The van der Waals surface area contributed by atoms with Crippen molar-refractivity contribution < 1.29 is 14.3 Å². The van der Waals surface area contributed by atoms with E-state index in [-0.39, 0.29) is 18.0 Å². The zero-order chi connectivity index (χ0) is 15.4. The van der Waals surface area contributed by atoms with Gasteiger partial charge in [0.05, 0.1) is 11.8 Å². The van der Waals surface area contributed by atoms with Crippen molar-refractivity contribution >= 4 is 11.9 Å². The Bertz CT molecular complexity index is 472. The number of hydrogen-bond acceptors (Lipinski definition) is 4. The number of carbonyl (C=O) groups excluding carboxylic acids is 2. The normalized spacial score (nSPS) is 12.6. The van der Waals surface area contributed by atoms with E-state index < -0.39 is 12.1 Å². The number of amides is 1. The van der Waals surface area contributed by atoms with E-state index in [1.165, 1.54) is 10.9 Å². The van der Waals surface area contributed by atoms with Crippen molar-refractivity contribution in [3.63, 3.8) is 0 Å². The molecule has 0 aromatic carbocycles. The zero-order valence-corrected chi connectivity index (χ0v) is 13.0. The summed E-state index contributed by atoms with van der Waals surface area (Å²) >= 11 is 0. The van der Waals surface area contributed by atoms with Crippen molar-refractivity contribution in [1.82, 2.24) is 14.7 Å². The van der Waals surface area contributed by atoms with Gasteiger partial charge in [0.25, 0.3) is 5.91 Å². The van der Waals surface area contributed by atoms with Crippen LogP contribution in [0, 0.1) is 0 Å². The number of aromatic nitrogens is 2. The molecule has 6 nitrogen and oxygen atoms in total. The molecule has 1 rings (SSSR count). The summed E-state index contributed by atoms with van der Waals surface area (Å²) in [6, 6.07) is 0.115. The first-order valence-corrected chi connectivity index (χ1v) is 6.75. The zero-order valence-electron chi connectivity index (χ0n) is 13.0. The standard InChI is InChI=1S/C14H23N3O3/c1-9(2)17(10(3)4)13(18)11(5)20-14(19)12-7-15-16(6)8-12/h7-11H,1-6H3. The van der Waals surface area contributed by atoms with Crippen LogP contribution in [0.2, 0.25) is 0 Å². The molecule has 1 heterocycles. The monoisotopic (exact) mass is 281 g/mol. The molecule has 0 N–H and O–H groups in total. The molecule has 0 bridgehead atoms. The van der Waals surface area contributed by atoms with Gasteiger partial charge in [-0.1, -0.05) is 0 Å². The number of rotatable bonds is 5. The fourth-order valence-corrected chi connectivity index (χ4v) is 2.12. The highest BCUT2D eigenvalue weighted by Gasteiger charge is 2.28. The Morgan fingerprint density at radius 3 is 2.15 bits per heavy atom. The SMILES string of the molecule is CC(OC(=O)c1cnn(C)c1)C(=O)N(C(C)C)C(C)C. The third kappa shape index (κ3) is 3.82. The van der Waals surface area contributed by atoms with Crippen LogP contribution in [0.5, 0.6) is 0 Å². The predicted molar refractivity (Wildman–Crippen MR) is 75.2 cm³/mol. The maximum absolute atomic E-state index is 12.3. The summed E-state index contributed by atoms with van der Waals surface area (Å²) in [5.41, 5.74) is 0.341. The lowest BCUT2D eigenvalue weighted by molar-refractivity contribution is -0.143. The first kappa shape index (κ1) is 16.2. The van der Waals surface area contributed by atoms with E-state index in [0.29, 0.717) is 5.56 Å². The average molecular weight is 281 g/mol. The van der Waals surface area contributed by atoms with Crippen LogP contribution in [-0.2, 0) is 16.6 Å². The van der Waals surface area contributed by atoms with Gasteiger partial charge in [0.15, 0.2) is 6.10 Å². The van der Waals surface area contributed by atoms with Gasteiger partial charge in [-0.2, -0.15) is 5.10 Å². The highest BCUT2D eigenvalue weighted by molar-refractivity contribution is 5.91. The summed E-state index contributed by atoms with van der Waals surface area (Å²) in [4.78, 5) is 25.9. The van der Waals surface area contributed by atoms with Crippen LogP contribution in [0.4, 0.5) is 0 Å². The fraction of sp³-hybridized carbons (Fsp3) is 0.643. The lowest BCUT2D eigenvalue weighted by Gasteiger charge is -2.32. The van der Waals surface area contributed by atoms with Crippen LogP contribution in [0.3, 0.4) is 0 Å². The lowest BCUT2D eigenvalue weighted by Crippen LogP contribution is -2.47. The molecule has 0 spiro atoms. The van der Waals surface area contributed by atoms with Crippen molar-refractivity contribution in [3.8, 4) is 0 Å². The molecule has 20 heavy (non-hydrogen) atoms. The van der Waals surface area contributed by atoms with Gasteiger partial charge in [0.1, 0.15) is 0 Å². The highest BCUT2D eigenvalue weighted by atomic mass is 16.5. The largest absolute Gasteiger partial charge is 0.449 e. The van der Waals surface area contributed by atoms with E-state index in [4.69, 9.17) is 4.74 Å². The van der Waals surface area contributed by atoms with Gasteiger partial charge >= 0.3 is 5.97 Å². The Morgan fingerprint density at radius 2 is 1.75 bits per heavy atom. The lowest BCUT2D eigenvalue weighted by atomic mass is 10.2. The molecule has 0 fully saturated rings. The number of carbonyl (C=O) groups is 2. The summed E-state index contributed by atoms with van der Waals surface area (Å²) in [6.45, 7) is 9.34. The smallest absolute Gasteiger partial charge is 0.342 e. The van der Waals surface area contributed by atoms with E-state index in [1.54, 1.807) is 25.1 Å². The Hall–Kier alpha value is -1.85. The van der Waals surface area contributed by atoms with E-state index in [1.807, 2.05) is 27.7 Å². The van der Waals surface area contributed by atoms with Gasteiger partial charge in [-0.05, 0) is 34.6 Å². The topological polar surface area (TPSA) is 64.4 Å². The quantitative estimate of drug-likeness (QED) is 0.769. The average Bonchev–Trinajstić information content (AvgIpc) is 2.74. The number of hydrogen-bond donors (Lipinski definition) is 0. The minimum Gasteiger partial charge on any atom is -0.449 e. The van der Waals surface area contributed by atoms with Crippen LogP contribution >= 0.6 is 0 Å². The maximum atomic E-state index is 12.3. The molecule has 6 heteroatoms. The molecular formula is C14H23N3O3. The number of aryl methyl sites for hydroxylation is 1. The van der Waals surface area contributed by atoms with Crippen LogP contribution in [0.25, 0.3) is 0 Å². The number of nitrogens with zero attached hydrogens (tertiary/aromatic N) is 3. The highest BCUT2D eigenvalue weighted by Crippen LogP contribution is 2.11. The first-order valence-electron chi connectivity index (χ1n) is 6.75. The second-order valence-electron chi connectivity index (χ2n) is 5.38. The van der Waals surface area contributed by atoms with Gasteiger partial charge in [0, 0.05) is 25.3 Å². The molecule has 0 aliphatic heterocycles. The summed E-state index contributed by atoms with van der Waals surface area (Å²) in [6.07, 6.45) is 2.16. The molecule has 1 aromatic rings. The van der Waals surface area contributed by atoms with Gasteiger partial charge in [-0.25, -0.2) is 4.79 Å². The predicted octanol–water partition coefficient (Wildman–Crippen LogP) is 1.61. The second-order valence-corrected chi connectivity index (χ2v) is 5.38. The molecule has 0 aliphatic carbocycles. The minimum absolute atomic E-state index is 0.0574. The first-order chi connectivity index (χ1) is 9.23. The third-order valence-corrected chi connectivity index (χ3v) is 2.94. The molecule has 0 saturated carbocycles. The van der Waals surface area contributed by atoms with Crippen LogP contribution < -0.4 is 0 Å². The summed E-state index contributed by atoms with van der Waals surface area (Å²) in [5.74, 6) is -0.723. The molecule has 0 saturated heterocycles. The Morgan fingerprint density at radius 1 is 1.20 bits per heavy atom. The summed E-state index contributed by atoms with van der Waals surface area (Å²) < 4.78 is 6.72. The Labute approximate surface area is 119 Å². The van der Waals surface area contributed by atoms with E-state index in [9.17, 15) is 9.59 Å². The molecule has 0 aliphatic rings. The van der Waals surface area contributed by atoms with Crippen LogP contribution in [0.15, 0.2) is 12.4 Å². The third-order valence-electron chi connectivity index (χ3n) is 2.94. The van der Waals surface area contributed by atoms with Crippen molar-refractivity contribution in [2.75, 3.05) is 0 Å². The van der Waals surface area contributed by atoms with E-state index in [2.05, 4.69) is 5.10 Å². The molecule has 1 aromatic heterocycles. The second kappa shape index (κ2) is 6.54. The summed E-state index contributed by atoms with van der Waals surface area (Å²) in [5, 5.41) is 3.90. The maximum Gasteiger partial charge on any atom is 0.342 e. The Kier molecular flexibility index (Phi) is 5.30. The minimum atomic E-state index is -0.812. The van der Waals surface area contributed by atoms with Crippen molar-refractivity contribution in [2.45, 2.75) is 52.8 Å². The number of ether oxygens (including phenoxy) is 1. The van der Waals surface area contributed by atoms with Gasteiger partial charge in [0.2, 0.25) is 0 Å². The van der Waals surface area contributed by atoms with Crippen molar-refractivity contribution in [2.24, 2.45) is 7.05 Å². The molecular weight excluding hydrogens is 258 g/mol. The van der Waals surface area contributed by atoms with Gasteiger partial charge in [-0.15, -0.1) is 0 Å². The molecule has 112 valence electrons. The van der Waals surface area contributed by atoms with E-state index in [0.717, 1.165) is 0 Å². The fourth-order valence-electron chi connectivity index (χ4n) is 2.12. The van der Waals surface area contributed by atoms with Gasteiger partial charge in [-0.3, -0.25) is 9.48 Å². The van der Waals surface area contributed by atoms with Crippen LogP contribution in [0.1, 0.15) is 45.0 Å². The van der Waals surface area contributed by atoms with Crippen molar-refractivity contribution in [3.05, 3.63) is 18.0 Å². The Balaban J connectivity index is 2.72. The van der Waals surface area contributed by atoms with Crippen molar-refractivity contribution in [1.29, 1.82) is 0 Å². The van der Waals surface area contributed by atoms with E-state index >= 15 is 0 Å². The van der Waals surface area contributed by atoms with Gasteiger partial charge < -0.3 is 9.64 Å². The molecule has 1 amide bonds. The number of esters is 1.